The van der Waals surface area contributed by atoms with Gasteiger partial charge in [-0.25, -0.2) is 13.2 Å². The predicted molar refractivity (Wildman–Crippen MR) is 143 cm³/mol. The van der Waals surface area contributed by atoms with Gasteiger partial charge in [0.2, 0.25) is 5.91 Å². The minimum Gasteiger partial charge on any atom is -0.366 e. The number of nitrogens with two attached hydrogens (primary N) is 1. The molecule has 0 bridgehead atoms. The van der Waals surface area contributed by atoms with Gasteiger partial charge in [-0.3, -0.25) is 19.9 Å². The van der Waals surface area contributed by atoms with E-state index in [0.29, 0.717) is 28.8 Å². The summed E-state index contributed by atoms with van der Waals surface area (Å²) in [5.74, 6) is -3.48. The van der Waals surface area contributed by atoms with Crippen molar-refractivity contribution in [2.75, 3.05) is 0 Å². The van der Waals surface area contributed by atoms with E-state index in [-0.39, 0.29) is 23.9 Å². The van der Waals surface area contributed by atoms with Crippen LogP contribution >= 0.6 is 0 Å². The third-order valence-electron chi connectivity index (χ3n) is 6.82. The number of halogens is 3. The van der Waals surface area contributed by atoms with Crippen LogP contribution in [0.1, 0.15) is 47.4 Å². The van der Waals surface area contributed by atoms with Crippen LogP contribution in [0, 0.1) is 17.5 Å². The highest BCUT2D eigenvalue weighted by atomic mass is 19.1. The van der Waals surface area contributed by atoms with Crippen LogP contribution in [0.2, 0.25) is 0 Å². The maximum absolute atomic E-state index is 14.2. The molecular weight excluding hydrogens is 505 g/mol. The Morgan fingerprint density at radius 3 is 2.51 bits per heavy atom. The van der Waals surface area contributed by atoms with Crippen molar-refractivity contribution in [2.45, 2.75) is 44.3 Å². The van der Waals surface area contributed by atoms with Crippen molar-refractivity contribution in [1.29, 1.82) is 0 Å². The van der Waals surface area contributed by atoms with Crippen molar-refractivity contribution >= 4 is 11.8 Å². The molecule has 2 heterocycles. The minimum atomic E-state index is -0.929. The van der Waals surface area contributed by atoms with Gasteiger partial charge in [0.05, 0.1) is 23.3 Å². The molecule has 3 atom stereocenters. The standard InChI is InChI=1S/C30H29F3N4O2/c1-3-18(4-2)25-9-10-26(36-25)30(39)37-27(14-17-12-20(31)16-21(32)13-17)28-22(6-5-11-35-28)19-7-8-24(33)23(15-19)29(34)38/h3-8,11-13,15-16,25-27,36H,1,9-10,14H2,2H3,(H2,34,38)(H,37,39)/b18-4+/t25-,26+,27-/m0/s1. The zero-order chi connectivity index (χ0) is 28.1. The number of primary amides is 1. The second kappa shape index (κ2) is 12.1. The maximum Gasteiger partial charge on any atom is 0.251 e. The Bertz CT molecular complexity index is 1420. The predicted octanol–water partition coefficient (Wildman–Crippen LogP) is 4.92. The van der Waals surface area contributed by atoms with Gasteiger partial charge >= 0.3 is 0 Å². The Labute approximate surface area is 224 Å². The molecule has 1 aromatic heterocycles. The number of rotatable bonds is 9. The Morgan fingerprint density at radius 2 is 1.85 bits per heavy atom. The quantitative estimate of drug-likeness (QED) is 0.340. The van der Waals surface area contributed by atoms with Crippen LogP contribution in [0.5, 0.6) is 0 Å². The summed E-state index contributed by atoms with van der Waals surface area (Å²) in [5.41, 5.74) is 7.68. The lowest BCUT2D eigenvalue weighted by molar-refractivity contribution is -0.123. The van der Waals surface area contributed by atoms with E-state index in [4.69, 9.17) is 5.73 Å². The van der Waals surface area contributed by atoms with Gasteiger partial charge in [0.15, 0.2) is 0 Å². The van der Waals surface area contributed by atoms with Gasteiger partial charge in [-0.15, -0.1) is 0 Å². The van der Waals surface area contributed by atoms with Gasteiger partial charge in [-0.2, -0.15) is 0 Å². The molecule has 0 spiro atoms. The highest BCUT2D eigenvalue weighted by Gasteiger charge is 2.32. The van der Waals surface area contributed by atoms with Gasteiger partial charge in [0, 0.05) is 23.9 Å². The van der Waals surface area contributed by atoms with Crippen LogP contribution in [-0.4, -0.2) is 28.9 Å². The topological polar surface area (TPSA) is 97.1 Å². The molecule has 2 aromatic carbocycles. The molecule has 0 aliphatic carbocycles. The van der Waals surface area contributed by atoms with Gasteiger partial charge in [-0.05, 0) is 73.2 Å². The first-order chi connectivity index (χ1) is 18.7. The highest BCUT2D eigenvalue weighted by Crippen LogP contribution is 2.31. The number of pyridine rings is 1. The molecule has 0 saturated carbocycles. The van der Waals surface area contributed by atoms with Crippen molar-refractivity contribution in [2.24, 2.45) is 5.73 Å². The van der Waals surface area contributed by atoms with Crippen LogP contribution in [0.3, 0.4) is 0 Å². The molecule has 9 heteroatoms. The van der Waals surface area contributed by atoms with Crippen molar-refractivity contribution in [3.63, 3.8) is 0 Å². The lowest BCUT2D eigenvalue weighted by atomic mass is 9.94. The second-order valence-corrected chi connectivity index (χ2v) is 9.38. The van der Waals surface area contributed by atoms with Crippen LogP contribution in [0.4, 0.5) is 13.2 Å². The van der Waals surface area contributed by atoms with E-state index in [9.17, 15) is 22.8 Å². The normalized spacial score (nSPS) is 18.0. The first kappa shape index (κ1) is 27.8. The Morgan fingerprint density at radius 1 is 1.13 bits per heavy atom. The number of aromatic nitrogens is 1. The summed E-state index contributed by atoms with van der Waals surface area (Å²) in [6.07, 6.45) is 6.56. The Kier molecular flexibility index (Phi) is 8.61. The SMILES string of the molecule is C=C/C(=C\C)[C@@H]1CC[C@H](C(=O)N[C@@H](Cc2cc(F)cc(F)c2)c2ncccc2-c2ccc(F)c(C(N)=O)c2)N1. The van der Waals surface area contributed by atoms with Crippen molar-refractivity contribution in [1.82, 2.24) is 15.6 Å². The summed E-state index contributed by atoms with van der Waals surface area (Å²) in [5, 5.41) is 6.32. The highest BCUT2D eigenvalue weighted by molar-refractivity contribution is 5.94. The second-order valence-electron chi connectivity index (χ2n) is 9.38. The van der Waals surface area contributed by atoms with Crippen molar-refractivity contribution in [3.8, 4) is 11.1 Å². The summed E-state index contributed by atoms with van der Waals surface area (Å²) < 4.78 is 42.2. The van der Waals surface area contributed by atoms with E-state index >= 15 is 0 Å². The fraction of sp³-hybridized carbons (Fsp3) is 0.233. The molecule has 3 aromatic rings. The average Bonchev–Trinajstić information content (AvgIpc) is 3.39. The minimum absolute atomic E-state index is 0.0177. The van der Waals surface area contributed by atoms with Crippen molar-refractivity contribution in [3.05, 3.63) is 113 Å². The molecule has 1 aliphatic heterocycles. The Hall–Kier alpha value is -4.24. The summed E-state index contributed by atoms with van der Waals surface area (Å²) in [4.78, 5) is 29.7. The van der Waals surface area contributed by atoms with Crippen LogP contribution in [0.15, 0.2) is 79.0 Å². The van der Waals surface area contributed by atoms with E-state index < -0.39 is 35.4 Å². The molecule has 6 nitrogen and oxygen atoms in total. The summed E-state index contributed by atoms with van der Waals surface area (Å²) >= 11 is 0. The zero-order valence-electron chi connectivity index (χ0n) is 21.4. The smallest absolute Gasteiger partial charge is 0.251 e. The first-order valence-corrected chi connectivity index (χ1v) is 12.5. The molecule has 4 N–H and O–H groups in total. The van der Waals surface area contributed by atoms with E-state index in [1.165, 1.54) is 30.5 Å². The third-order valence-corrected chi connectivity index (χ3v) is 6.82. The number of amides is 2. The number of hydrogen-bond acceptors (Lipinski definition) is 4. The Balaban J connectivity index is 1.71. The summed E-state index contributed by atoms with van der Waals surface area (Å²) in [6.45, 7) is 5.73. The zero-order valence-corrected chi connectivity index (χ0v) is 21.4. The molecule has 1 fully saturated rings. The van der Waals surface area contributed by atoms with Gasteiger partial charge in [-0.1, -0.05) is 30.9 Å². The number of allylic oxidation sites excluding steroid dienone is 1. The fourth-order valence-electron chi connectivity index (χ4n) is 4.95. The van der Waals surface area contributed by atoms with E-state index in [0.717, 1.165) is 24.1 Å². The summed E-state index contributed by atoms with van der Waals surface area (Å²) in [7, 11) is 0. The van der Waals surface area contributed by atoms with Gasteiger partial charge < -0.3 is 11.1 Å². The van der Waals surface area contributed by atoms with Crippen LogP contribution in [-0.2, 0) is 11.2 Å². The van der Waals surface area contributed by atoms with Gasteiger partial charge in [0.25, 0.3) is 5.91 Å². The molecule has 1 saturated heterocycles. The number of carbonyl (C=O) groups is 2. The molecule has 202 valence electrons. The van der Waals surface area contributed by atoms with Gasteiger partial charge in [0.1, 0.15) is 17.5 Å². The molecule has 0 unspecified atom stereocenters. The van der Waals surface area contributed by atoms with Crippen LogP contribution in [0.25, 0.3) is 11.1 Å². The maximum atomic E-state index is 14.2. The largest absolute Gasteiger partial charge is 0.366 e. The number of nitrogens with one attached hydrogen (secondary N) is 2. The fourth-order valence-corrected chi connectivity index (χ4v) is 4.95. The molecule has 4 rings (SSSR count). The van der Waals surface area contributed by atoms with Crippen LogP contribution < -0.4 is 16.4 Å². The molecule has 1 aliphatic rings. The summed E-state index contributed by atoms with van der Waals surface area (Å²) in [6, 6.07) is 9.11. The molecule has 2 amide bonds. The number of carbonyl (C=O) groups excluding carboxylic acids is 2. The molecule has 39 heavy (non-hydrogen) atoms. The van der Waals surface area contributed by atoms with E-state index in [1.807, 2.05) is 13.0 Å². The lowest BCUT2D eigenvalue weighted by Crippen LogP contribution is -2.45. The van der Waals surface area contributed by atoms with Crippen molar-refractivity contribution < 1.29 is 22.8 Å². The lowest BCUT2D eigenvalue weighted by Gasteiger charge is -2.24. The monoisotopic (exact) mass is 534 g/mol. The number of hydrogen-bond donors (Lipinski definition) is 3. The first-order valence-electron chi connectivity index (χ1n) is 12.5. The molecule has 0 radical (unpaired) electrons. The van der Waals surface area contributed by atoms with E-state index in [1.54, 1.807) is 18.2 Å². The molecular formula is C30H29F3N4O2. The third kappa shape index (κ3) is 6.43. The average molecular weight is 535 g/mol. The number of nitrogens with zero attached hydrogens (tertiary/aromatic N) is 1. The van der Waals surface area contributed by atoms with E-state index in [2.05, 4.69) is 22.2 Å². The number of benzene rings is 2.